The van der Waals surface area contributed by atoms with Crippen LogP contribution in [0.25, 0.3) is 0 Å². The van der Waals surface area contributed by atoms with Crippen molar-refractivity contribution >= 4 is 16.7 Å². The van der Waals surface area contributed by atoms with Crippen molar-refractivity contribution in [1.82, 2.24) is 9.36 Å². The van der Waals surface area contributed by atoms with Gasteiger partial charge in [0.15, 0.2) is 0 Å². The van der Waals surface area contributed by atoms with E-state index in [4.69, 9.17) is 0 Å². The van der Waals surface area contributed by atoms with Crippen LogP contribution >= 0.6 is 11.5 Å². The molecule has 2 N–H and O–H groups in total. The fourth-order valence-electron chi connectivity index (χ4n) is 2.58. The van der Waals surface area contributed by atoms with Gasteiger partial charge < -0.3 is 10.4 Å². The van der Waals surface area contributed by atoms with Gasteiger partial charge in [-0.1, -0.05) is 12.8 Å². The SMILES string of the molecule is OCC1CCCCC1Nc1nc(C2CC2)ns1. The molecule has 0 saturated heterocycles. The van der Waals surface area contributed by atoms with E-state index in [0.29, 0.717) is 17.9 Å². The second-order valence-corrected chi connectivity index (χ2v) is 5.96. The minimum Gasteiger partial charge on any atom is -0.396 e. The lowest BCUT2D eigenvalue weighted by molar-refractivity contribution is 0.178. The number of nitrogens with zero attached hydrogens (tertiary/aromatic N) is 2. The van der Waals surface area contributed by atoms with Gasteiger partial charge in [0.05, 0.1) is 0 Å². The topological polar surface area (TPSA) is 58.0 Å². The first kappa shape index (κ1) is 11.4. The molecule has 0 spiro atoms. The zero-order valence-corrected chi connectivity index (χ0v) is 10.7. The maximum absolute atomic E-state index is 9.37. The van der Waals surface area contributed by atoms with Gasteiger partial charge in [0.2, 0.25) is 5.13 Å². The summed E-state index contributed by atoms with van der Waals surface area (Å²) in [5.74, 6) is 2.03. The van der Waals surface area contributed by atoms with E-state index in [1.54, 1.807) is 0 Å². The van der Waals surface area contributed by atoms with Crippen molar-refractivity contribution in [2.75, 3.05) is 11.9 Å². The first-order chi connectivity index (χ1) is 8.36. The average Bonchev–Trinajstić information content (AvgIpc) is 3.11. The van der Waals surface area contributed by atoms with Crippen LogP contribution in [0.15, 0.2) is 0 Å². The molecule has 0 aromatic carbocycles. The first-order valence-electron chi connectivity index (χ1n) is 6.58. The average molecular weight is 253 g/mol. The molecule has 2 aliphatic rings. The maximum atomic E-state index is 9.37. The number of rotatable bonds is 4. The van der Waals surface area contributed by atoms with Crippen molar-refractivity contribution < 1.29 is 5.11 Å². The molecule has 94 valence electrons. The van der Waals surface area contributed by atoms with Gasteiger partial charge in [-0.3, -0.25) is 0 Å². The van der Waals surface area contributed by atoms with Gasteiger partial charge in [0.1, 0.15) is 5.82 Å². The van der Waals surface area contributed by atoms with Gasteiger partial charge in [-0.25, -0.2) is 4.98 Å². The minimum atomic E-state index is 0.284. The summed E-state index contributed by atoms with van der Waals surface area (Å²) in [6.45, 7) is 0.284. The number of aromatic nitrogens is 2. The molecule has 4 nitrogen and oxygen atoms in total. The highest BCUT2D eigenvalue weighted by Crippen LogP contribution is 2.39. The highest BCUT2D eigenvalue weighted by atomic mass is 32.1. The molecule has 0 amide bonds. The Hall–Kier alpha value is -0.680. The molecule has 2 atom stereocenters. The Bertz CT molecular complexity index is 378. The molecule has 2 saturated carbocycles. The van der Waals surface area contributed by atoms with Gasteiger partial charge in [-0.2, -0.15) is 4.37 Å². The van der Waals surface area contributed by atoms with Crippen molar-refractivity contribution in [2.24, 2.45) is 5.92 Å². The molecule has 0 aliphatic heterocycles. The first-order valence-corrected chi connectivity index (χ1v) is 7.35. The molecule has 0 radical (unpaired) electrons. The molecule has 2 aliphatic carbocycles. The van der Waals surface area contributed by atoms with Crippen LogP contribution in [0.2, 0.25) is 0 Å². The zero-order chi connectivity index (χ0) is 11.7. The van der Waals surface area contributed by atoms with Crippen LogP contribution in [0.4, 0.5) is 5.13 Å². The Morgan fingerprint density at radius 3 is 2.82 bits per heavy atom. The van der Waals surface area contributed by atoms with E-state index in [-0.39, 0.29) is 6.61 Å². The predicted octanol–water partition coefficient (Wildman–Crippen LogP) is 2.38. The van der Waals surface area contributed by atoms with E-state index in [0.717, 1.165) is 23.8 Å². The molecule has 1 aromatic rings. The maximum Gasteiger partial charge on any atom is 0.202 e. The van der Waals surface area contributed by atoms with Crippen molar-refractivity contribution in [2.45, 2.75) is 50.5 Å². The molecular formula is C12H19N3OS. The number of hydrogen-bond donors (Lipinski definition) is 2. The summed E-state index contributed by atoms with van der Waals surface area (Å²) < 4.78 is 4.40. The zero-order valence-electron chi connectivity index (χ0n) is 9.93. The predicted molar refractivity (Wildman–Crippen MR) is 68.3 cm³/mol. The lowest BCUT2D eigenvalue weighted by Crippen LogP contribution is -2.34. The van der Waals surface area contributed by atoms with Gasteiger partial charge in [0, 0.05) is 36.0 Å². The molecule has 1 heterocycles. The van der Waals surface area contributed by atoms with Crippen molar-refractivity contribution in [3.63, 3.8) is 0 Å². The lowest BCUT2D eigenvalue weighted by atomic mass is 9.85. The normalized spacial score (nSPS) is 29.2. The number of nitrogens with one attached hydrogen (secondary N) is 1. The molecular weight excluding hydrogens is 234 g/mol. The summed E-state index contributed by atoms with van der Waals surface area (Å²) >= 11 is 1.47. The van der Waals surface area contributed by atoms with Crippen molar-refractivity contribution in [1.29, 1.82) is 0 Å². The van der Waals surface area contributed by atoms with Gasteiger partial charge in [0.25, 0.3) is 0 Å². The summed E-state index contributed by atoms with van der Waals surface area (Å²) in [5, 5.41) is 13.8. The second kappa shape index (κ2) is 4.90. The van der Waals surface area contributed by atoms with Crippen LogP contribution in [0.1, 0.15) is 50.3 Å². The Morgan fingerprint density at radius 1 is 1.24 bits per heavy atom. The molecule has 2 fully saturated rings. The minimum absolute atomic E-state index is 0.284. The summed E-state index contributed by atoms with van der Waals surface area (Å²) in [5.41, 5.74) is 0. The Kier molecular flexibility index (Phi) is 3.29. The lowest BCUT2D eigenvalue weighted by Gasteiger charge is -2.30. The summed E-state index contributed by atoms with van der Waals surface area (Å²) in [7, 11) is 0. The largest absolute Gasteiger partial charge is 0.396 e. The van der Waals surface area contributed by atoms with E-state index < -0.39 is 0 Å². The van der Waals surface area contributed by atoms with Gasteiger partial charge in [-0.15, -0.1) is 0 Å². The Balaban J connectivity index is 1.63. The summed E-state index contributed by atoms with van der Waals surface area (Å²) in [4.78, 5) is 4.55. The highest BCUT2D eigenvalue weighted by molar-refractivity contribution is 7.09. The monoisotopic (exact) mass is 253 g/mol. The molecule has 2 unspecified atom stereocenters. The number of anilines is 1. The standard InChI is InChI=1S/C12H19N3OS/c16-7-9-3-1-2-4-10(9)13-12-14-11(15-17-12)8-5-6-8/h8-10,16H,1-7H2,(H,13,14,15). The number of aliphatic hydroxyl groups excluding tert-OH is 1. The van der Waals surface area contributed by atoms with Crippen molar-refractivity contribution in [3.05, 3.63) is 5.82 Å². The van der Waals surface area contributed by atoms with E-state index in [2.05, 4.69) is 14.7 Å². The molecule has 5 heteroatoms. The fraction of sp³-hybridized carbons (Fsp3) is 0.833. The third-order valence-corrected chi connectivity index (χ3v) is 4.50. The van der Waals surface area contributed by atoms with Crippen LogP contribution in [-0.4, -0.2) is 27.1 Å². The summed E-state index contributed by atoms with van der Waals surface area (Å²) in [6.07, 6.45) is 7.26. The second-order valence-electron chi connectivity index (χ2n) is 5.21. The van der Waals surface area contributed by atoms with E-state index in [1.165, 1.54) is 37.2 Å². The Labute approximate surface area is 106 Å². The molecule has 17 heavy (non-hydrogen) atoms. The van der Waals surface area contributed by atoms with Crippen LogP contribution in [0.3, 0.4) is 0 Å². The van der Waals surface area contributed by atoms with Gasteiger partial charge >= 0.3 is 0 Å². The number of hydrogen-bond acceptors (Lipinski definition) is 5. The fourth-order valence-corrected chi connectivity index (χ4v) is 3.28. The highest BCUT2D eigenvalue weighted by Gasteiger charge is 2.29. The molecule has 0 bridgehead atoms. The van der Waals surface area contributed by atoms with Crippen LogP contribution < -0.4 is 5.32 Å². The van der Waals surface area contributed by atoms with Gasteiger partial charge in [-0.05, 0) is 25.7 Å². The van der Waals surface area contributed by atoms with Crippen LogP contribution in [0, 0.1) is 5.92 Å². The summed E-state index contributed by atoms with van der Waals surface area (Å²) in [6, 6.07) is 0.383. The van der Waals surface area contributed by atoms with Crippen LogP contribution in [-0.2, 0) is 0 Å². The van der Waals surface area contributed by atoms with E-state index in [1.807, 2.05) is 0 Å². The Morgan fingerprint density at radius 2 is 2.06 bits per heavy atom. The third-order valence-electron chi connectivity index (χ3n) is 3.84. The number of aliphatic hydroxyl groups is 1. The smallest absolute Gasteiger partial charge is 0.202 e. The van der Waals surface area contributed by atoms with Crippen LogP contribution in [0.5, 0.6) is 0 Å². The quantitative estimate of drug-likeness (QED) is 0.865. The molecule has 1 aromatic heterocycles. The van der Waals surface area contributed by atoms with E-state index >= 15 is 0 Å². The van der Waals surface area contributed by atoms with E-state index in [9.17, 15) is 5.11 Å². The third kappa shape index (κ3) is 2.60. The molecule has 3 rings (SSSR count). The van der Waals surface area contributed by atoms with Crippen molar-refractivity contribution in [3.8, 4) is 0 Å².